The zero-order valence-electron chi connectivity index (χ0n) is 18.5. The van der Waals surface area contributed by atoms with Gasteiger partial charge in [0.15, 0.2) is 11.5 Å². The fourth-order valence-corrected chi connectivity index (χ4v) is 3.46. The number of anilines is 1. The van der Waals surface area contributed by atoms with Crippen LogP contribution < -0.4 is 20.2 Å². The van der Waals surface area contributed by atoms with Crippen LogP contribution in [-0.2, 0) is 16.2 Å². The summed E-state index contributed by atoms with van der Waals surface area (Å²) in [6.07, 6.45) is 0. The van der Waals surface area contributed by atoms with Crippen molar-refractivity contribution in [2.45, 2.75) is 13.5 Å². The maximum atomic E-state index is 13.2. The van der Waals surface area contributed by atoms with E-state index in [0.717, 1.165) is 11.6 Å². The van der Waals surface area contributed by atoms with Crippen molar-refractivity contribution >= 4 is 58.0 Å². The van der Waals surface area contributed by atoms with Crippen LogP contribution in [0.1, 0.15) is 18.1 Å². The van der Waals surface area contributed by atoms with E-state index < -0.39 is 17.6 Å². The van der Waals surface area contributed by atoms with Crippen LogP contribution in [0.4, 0.5) is 10.1 Å². The highest BCUT2D eigenvalue weighted by Gasteiger charge is 2.15. The van der Waals surface area contributed by atoms with Gasteiger partial charge in [0.25, 0.3) is 0 Å². The Morgan fingerprint density at radius 2 is 1.71 bits per heavy atom. The fourth-order valence-electron chi connectivity index (χ4n) is 2.82. The molecule has 0 fully saturated rings. The predicted molar refractivity (Wildman–Crippen MR) is 134 cm³/mol. The Hall–Kier alpha value is -3.33. The number of rotatable bonds is 7. The highest BCUT2D eigenvalue weighted by atomic mass is 35.5. The van der Waals surface area contributed by atoms with Gasteiger partial charge in [0.1, 0.15) is 12.4 Å². The normalized spacial score (nSPS) is 11.1. The fraction of sp³-hybridized carbons (Fsp3) is 0.125. The first kappa shape index (κ1) is 26.3. The summed E-state index contributed by atoms with van der Waals surface area (Å²) in [5.74, 6) is -1.76. The minimum atomic E-state index is -1.02. The first-order valence-corrected chi connectivity index (χ1v) is 11.2. The van der Waals surface area contributed by atoms with Gasteiger partial charge in [-0.25, -0.2) is 9.82 Å². The largest absolute Gasteiger partial charge is 0.493 e. The predicted octanol–water partition coefficient (Wildman–Crippen LogP) is 5.85. The van der Waals surface area contributed by atoms with Gasteiger partial charge in [-0.1, -0.05) is 40.9 Å². The second-order valence-corrected chi connectivity index (χ2v) is 8.36. The Labute approximate surface area is 215 Å². The molecule has 0 bridgehead atoms. The standard InChI is InChI=1S/C24H19Cl3FN3O4/c1-13(30-31-24(33)23(32)29-17-6-7-20(28)19(27)11-17)14-4-8-21(22(9-14)34-2)35-12-15-3-5-16(25)10-18(15)26/h3-11H,12H2,1-2H3,(H,29,32)(H,31,33). The number of hydrogen-bond donors (Lipinski definition) is 2. The molecule has 0 radical (unpaired) electrons. The highest BCUT2D eigenvalue weighted by molar-refractivity contribution is 6.40. The molecule has 0 aliphatic heterocycles. The molecule has 0 unspecified atom stereocenters. The Bertz CT molecular complexity index is 1300. The van der Waals surface area contributed by atoms with Gasteiger partial charge in [-0.3, -0.25) is 9.59 Å². The van der Waals surface area contributed by atoms with E-state index in [1.807, 2.05) is 0 Å². The number of benzene rings is 3. The quantitative estimate of drug-likeness (QED) is 0.224. The van der Waals surface area contributed by atoms with Crippen molar-refractivity contribution in [2.75, 3.05) is 12.4 Å². The second-order valence-electron chi connectivity index (χ2n) is 7.11. The molecule has 2 N–H and O–H groups in total. The lowest BCUT2D eigenvalue weighted by Gasteiger charge is -2.13. The molecule has 35 heavy (non-hydrogen) atoms. The Morgan fingerprint density at radius 1 is 0.943 bits per heavy atom. The average Bonchev–Trinajstić information content (AvgIpc) is 2.83. The van der Waals surface area contributed by atoms with Gasteiger partial charge in [0.05, 0.1) is 17.8 Å². The van der Waals surface area contributed by atoms with E-state index in [2.05, 4.69) is 15.8 Å². The van der Waals surface area contributed by atoms with Crippen LogP contribution in [0.15, 0.2) is 59.7 Å². The van der Waals surface area contributed by atoms with E-state index in [1.165, 1.54) is 19.2 Å². The number of carbonyl (C=O) groups excluding carboxylic acids is 2. The van der Waals surface area contributed by atoms with Gasteiger partial charge in [0, 0.05) is 26.9 Å². The van der Waals surface area contributed by atoms with E-state index >= 15 is 0 Å². The van der Waals surface area contributed by atoms with Gasteiger partial charge < -0.3 is 14.8 Å². The average molecular weight is 539 g/mol. The third kappa shape index (κ3) is 7.08. The smallest absolute Gasteiger partial charge is 0.329 e. The van der Waals surface area contributed by atoms with Crippen molar-refractivity contribution < 1.29 is 23.5 Å². The molecule has 3 rings (SSSR count). The van der Waals surface area contributed by atoms with Gasteiger partial charge in [-0.2, -0.15) is 5.10 Å². The number of nitrogens with zero attached hydrogens (tertiary/aromatic N) is 1. The van der Waals surface area contributed by atoms with Crippen LogP contribution in [0.3, 0.4) is 0 Å². The number of hydrazone groups is 1. The Morgan fingerprint density at radius 3 is 2.40 bits per heavy atom. The highest BCUT2D eigenvalue weighted by Crippen LogP contribution is 2.30. The first-order chi connectivity index (χ1) is 16.7. The Kier molecular flexibility index (Phi) is 8.92. The van der Waals surface area contributed by atoms with Gasteiger partial charge in [-0.15, -0.1) is 0 Å². The number of hydrogen-bond acceptors (Lipinski definition) is 5. The van der Waals surface area contributed by atoms with Crippen LogP contribution in [0, 0.1) is 5.82 Å². The van der Waals surface area contributed by atoms with E-state index in [4.69, 9.17) is 44.3 Å². The van der Waals surface area contributed by atoms with Gasteiger partial charge >= 0.3 is 11.8 Å². The van der Waals surface area contributed by atoms with Crippen molar-refractivity contribution in [3.63, 3.8) is 0 Å². The van der Waals surface area contributed by atoms with E-state index in [0.29, 0.717) is 32.8 Å². The summed E-state index contributed by atoms with van der Waals surface area (Å²) in [4.78, 5) is 24.1. The molecule has 182 valence electrons. The van der Waals surface area contributed by atoms with Crippen LogP contribution in [0.25, 0.3) is 0 Å². The SMILES string of the molecule is COc1cc(C(C)=NNC(=O)C(=O)Nc2ccc(F)c(Cl)c2)ccc1OCc1ccc(Cl)cc1Cl. The molecule has 2 amide bonds. The van der Waals surface area contributed by atoms with Crippen molar-refractivity contribution in [1.29, 1.82) is 0 Å². The summed E-state index contributed by atoms with van der Waals surface area (Å²) in [6.45, 7) is 1.84. The number of ether oxygens (including phenoxy) is 2. The number of amides is 2. The summed E-state index contributed by atoms with van der Waals surface area (Å²) in [5, 5.41) is 7.09. The molecule has 0 aliphatic rings. The summed E-state index contributed by atoms with van der Waals surface area (Å²) < 4.78 is 24.4. The molecule has 0 saturated carbocycles. The summed E-state index contributed by atoms with van der Waals surface area (Å²) in [7, 11) is 1.49. The van der Waals surface area contributed by atoms with Crippen molar-refractivity contribution in [3.8, 4) is 11.5 Å². The van der Waals surface area contributed by atoms with E-state index in [9.17, 15) is 14.0 Å². The molecule has 0 atom stereocenters. The lowest BCUT2D eigenvalue weighted by atomic mass is 10.1. The second kappa shape index (κ2) is 11.9. The molecule has 0 heterocycles. The summed E-state index contributed by atoms with van der Waals surface area (Å²) in [5.41, 5.74) is 4.11. The number of carbonyl (C=O) groups is 2. The molecule has 7 nitrogen and oxygen atoms in total. The summed E-state index contributed by atoms with van der Waals surface area (Å²) in [6, 6.07) is 13.7. The molecule has 0 aliphatic carbocycles. The third-order valence-corrected chi connectivity index (χ3v) is 5.57. The number of halogens is 4. The molecule has 0 saturated heterocycles. The maximum Gasteiger partial charge on any atom is 0.329 e. The minimum absolute atomic E-state index is 0.164. The monoisotopic (exact) mass is 537 g/mol. The lowest BCUT2D eigenvalue weighted by Crippen LogP contribution is -2.32. The molecule has 11 heteroatoms. The molecule has 3 aromatic rings. The van der Waals surface area contributed by atoms with Crippen molar-refractivity contribution in [3.05, 3.63) is 86.6 Å². The summed E-state index contributed by atoms with van der Waals surface area (Å²) >= 11 is 17.8. The van der Waals surface area contributed by atoms with E-state index in [-0.39, 0.29) is 17.3 Å². The zero-order valence-corrected chi connectivity index (χ0v) is 20.8. The number of methoxy groups -OCH3 is 1. The maximum absolute atomic E-state index is 13.2. The van der Waals surface area contributed by atoms with Crippen LogP contribution >= 0.6 is 34.8 Å². The van der Waals surface area contributed by atoms with Gasteiger partial charge in [0.2, 0.25) is 0 Å². The lowest BCUT2D eigenvalue weighted by molar-refractivity contribution is -0.136. The molecule has 3 aromatic carbocycles. The van der Waals surface area contributed by atoms with Crippen LogP contribution in [0.5, 0.6) is 11.5 Å². The number of nitrogens with one attached hydrogen (secondary N) is 2. The van der Waals surface area contributed by atoms with Crippen molar-refractivity contribution in [1.82, 2.24) is 5.43 Å². The molecular weight excluding hydrogens is 520 g/mol. The van der Waals surface area contributed by atoms with Crippen LogP contribution in [0.2, 0.25) is 15.1 Å². The van der Waals surface area contributed by atoms with Gasteiger partial charge in [-0.05, 0) is 55.5 Å². The third-order valence-electron chi connectivity index (χ3n) is 4.69. The van der Waals surface area contributed by atoms with Crippen molar-refractivity contribution in [2.24, 2.45) is 5.10 Å². The zero-order chi connectivity index (χ0) is 25.5. The molecular formula is C24H19Cl3FN3O4. The minimum Gasteiger partial charge on any atom is -0.493 e. The Balaban J connectivity index is 1.64. The van der Waals surface area contributed by atoms with Crippen LogP contribution in [-0.4, -0.2) is 24.6 Å². The molecule has 0 spiro atoms. The van der Waals surface area contributed by atoms with E-state index in [1.54, 1.807) is 43.3 Å². The first-order valence-electron chi connectivity index (χ1n) is 10.0. The molecule has 0 aromatic heterocycles. The topological polar surface area (TPSA) is 89.0 Å².